The molecule has 0 amide bonds. The van der Waals surface area contributed by atoms with Crippen molar-refractivity contribution >= 4 is 5.78 Å². The molecule has 0 bridgehead atoms. The largest absolute Gasteiger partial charge is 0.380 e. The number of hydrogen-bond donors (Lipinski definition) is 0. The third kappa shape index (κ3) is 1.78. The first-order chi connectivity index (χ1) is 6.38. The number of ketones is 1. The van der Waals surface area contributed by atoms with Crippen LogP contribution in [0, 0.1) is 0 Å². The van der Waals surface area contributed by atoms with E-state index in [-0.39, 0.29) is 5.92 Å². The van der Waals surface area contributed by atoms with E-state index >= 15 is 0 Å². The Morgan fingerprint density at radius 3 is 2.69 bits per heavy atom. The van der Waals surface area contributed by atoms with Crippen molar-refractivity contribution in [2.45, 2.75) is 12.3 Å². The molecular formula is C11H12O2. The molecule has 0 aliphatic carbocycles. The van der Waals surface area contributed by atoms with Gasteiger partial charge in [-0.2, -0.15) is 0 Å². The zero-order chi connectivity index (χ0) is 9.10. The molecule has 0 aromatic heterocycles. The standard InChI is InChI=1S/C11H12O2/c12-11-6-7-13-8-10(11)9-4-2-1-3-5-9/h1-5,10H,6-8H2. The molecule has 13 heavy (non-hydrogen) atoms. The van der Waals surface area contributed by atoms with Crippen molar-refractivity contribution in [1.82, 2.24) is 0 Å². The molecule has 1 aromatic carbocycles. The highest BCUT2D eigenvalue weighted by Crippen LogP contribution is 2.21. The molecule has 1 saturated heterocycles. The van der Waals surface area contributed by atoms with Crippen molar-refractivity contribution in [3.8, 4) is 0 Å². The van der Waals surface area contributed by atoms with Crippen LogP contribution >= 0.6 is 0 Å². The van der Waals surface area contributed by atoms with Crippen molar-refractivity contribution in [2.24, 2.45) is 0 Å². The van der Waals surface area contributed by atoms with Gasteiger partial charge in [0.2, 0.25) is 0 Å². The fourth-order valence-corrected chi connectivity index (χ4v) is 1.61. The average molecular weight is 176 g/mol. The van der Waals surface area contributed by atoms with Gasteiger partial charge >= 0.3 is 0 Å². The number of ether oxygens (including phenoxy) is 1. The van der Waals surface area contributed by atoms with Crippen molar-refractivity contribution in [3.05, 3.63) is 35.9 Å². The SMILES string of the molecule is O=C1CCOCC1c1ccccc1. The number of carbonyl (C=O) groups is 1. The Labute approximate surface area is 77.5 Å². The van der Waals surface area contributed by atoms with Crippen LogP contribution in [0.25, 0.3) is 0 Å². The summed E-state index contributed by atoms with van der Waals surface area (Å²) in [5.41, 5.74) is 1.08. The molecule has 0 radical (unpaired) electrons. The van der Waals surface area contributed by atoms with Crippen LogP contribution in [0.15, 0.2) is 30.3 Å². The van der Waals surface area contributed by atoms with E-state index in [0.29, 0.717) is 25.4 Å². The molecule has 0 N–H and O–H groups in total. The summed E-state index contributed by atoms with van der Waals surface area (Å²) >= 11 is 0. The van der Waals surface area contributed by atoms with Gasteiger partial charge in [0.05, 0.1) is 19.1 Å². The third-order valence-electron chi connectivity index (χ3n) is 2.37. The van der Waals surface area contributed by atoms with Gasteiger partial charge in [-0.3, -0.25) is 4.79 Å². The van der Waals surface area contributed by atoms with Gasteiger partial charge in [0.1, 0.15) is 5.78 Å². The van der Waals surface area contributed by atoms with Crippen molar-refractivity contribution in [3.63, 3.8) is 0 Å². The lowest BCUT2D eigenvalue weighted by Gasteiger charge is -2.20. The Balaban J connectivity index is 2.20. The molecule has 2 rings (SSSR count). The quantitative estimate of drug-likeness (QED) is 0.651. The summed E-state index contributed by atoms with van der Waals surface area (Å²) in [5.74, 6) is 0.271. The molecule has 0 spiro atoms. The molecule has 1 aliphatic rings. The van der Waals surface area contributed by atoms with Gasteiger partial charge in [0.15, 0.2) is 0 Å². The van der Waals surface area contributed by atoms with Gasteiger partial charge in [-0.25, -0.2) is 0 Å². The lowest BCUT2D eigenvalue weighted by molar-refractivity contribution is -0.126. The van der Waals surface area contributed by atoms with Gasteiger partial charge in [-0.1, -0.05) is 30.3 Å². The average Bonchev–Trinajstić information content (AvgIpc) is 2.20. The van der Waals surface area contributed by atoms with E-state index in [0.717, 1.165) is 5.56 Å². The summed E-state index contributed by atoms with van der Waals surface area (Å²) in [6.07, 6.45) is 0.555. The predicted octanol–water partition coefficient (Wildman–Crippen LogP) is 1.76. The van der Waals surface area contributed by atoms with Crippen LogP contribution in [-0.4, -0.2) is 19.0 Å². The van der Waals surface area contributed by atoms with Crippen LogP contribution in [0.3, 0.4) is 0 Å². The van der Waals surface area contributed by atoms with Gasteiger partial charge in [-0.15, -0.1) is 0 Å². The Hall–Kier alpha value is -1.15. The molecule has 68 valence electrons. The normalized spacial score (nSPS) is 23.1. The van der Waals surface area contributed by atoms with Crippen molar-refractivity contribution < 1.29 is 9.53 Å². The van der Waals surface area contributed by atoms with E-state index in [9.17, 15) is 4.79 Å². The Bertz CT molecular complexity index is 292. The zero-order valence-corrected chi connectivity index (χ0v) is 7.40. The Kier molecular flexibility index (Phi) is 2.41. The summed E-state index contributed by atoms with van der Waals surface area (Å²) in [7, 11) is 0. The van der Waals surface area contributed by atoms with Gasteiger partial charge in [0, 0.05) is 6.42 Å². The van der Waals surface area contributed by atoms with E-state index in [4.69, 9.17) is 4.74 Å². The topological polar surface area (TPSA) is 26.3 Å². The van der Waals surface area contributed by atoms with Gasteiger partial charge in [-0.05, 0) is 5.56 Å². The summed E-state index contributed by atoms with van der Waals surface area (Å²) in [4.78, 5) is 11.5. The number of hydrogen-bond acceptors (Lipinski definition) is 2. The highest BCUT2D eigenvalue weighted by atomic mass is 16.5. The minimum Gasteiger partial charge on any atom is -0.380 e. The molecule has 1 heterocycles. The number of benzene rings is 1. The maximum atomic E-state index is 11.5. The van der Waals surface area contributed by atoms with Crippen LogP contribution in [0.2, 0.25) is 0 Å². The lowest BCUT2D eigenvalue weighted by atomic mass is 9.92. The highest BCUT2D eigenvalue weighted by molar-refractivity contribution is 5.86. The predicted molar refractivity (Wildman–Crippen MR) is 49.6 cm³/mol. The number of rotatable bonds is 1. The van der Waals surface area contributed by atoms with E-state index in [1.165, 1.54) is 0 Å². The fourth-order valence-electron chi connectivity index (χ4n) is 1.61. The second-order valence-corrected chi connectivity index (χ2v) is 3.25. The maximum absolute atomic E-state index is 11.5. The molecule has 1 fully saturated rings. The monoisotopic (exact) mass is 176 g/mol. The minimum absolute atomic E-state index is 0.0325. The lowest BCUT2D eigenvalue weighted by Crippen LogP contribution is -2.25. The first-order valence-corrected chi connectivity index (χ1v) is 4.53. The van der Waals surface area contributed by atoms with Gasteiger partial charge in [0.25, 0.3) is 0 Å². The Morgan fingerprint density at radius 1 is 1.23 bits per heavy atom. The molecule has 1 unspecified atom stereocenters. The molecule has 1 atom stereocenters. The number of Topliss-reactive ketones (excluding diaryl/α,β-unsaturated/α-hetero) is 1. The second-order valence-electron chi connectivity index (χ2n) is 3.25. The van der Waals surface area contributed by atoms with Crippen molar-refractivity contribution in [1.29, 1.82) is 0 Å². The van der Waals surface area contributed by atoms with Gasteiger partial charge < -0.3 is 4.74 Å². The maximum Gasteiger partial charge on any atom is 0.144 e. The van der Waals surface area contributed by atoms with Crippen LogP contribution in [-0.2, 0) is 9.53 Å². The second kappa shape index (κ2) is 3.71. The highest BCUT2D eigenvalue weighted by Gasteiger charge is 2.23. The van der Waals surface area contributed by atoms with E-state index in [1.54, 1.807) is 0 Å². The third-order valence-corrected chi connectivity index (χ3v) is 2.37. The summed E-state index contributed by atoms with van der Waals surface area (Å²) in [5, 5.41) is 0. The zero-order valence-electron chi connectivity index (χ0n) is 7.40. The molecule has 0 saturated carbocycles. The van der Waals surface area contributed by atoms with Crippen LogP contribution in [0.4, 0.5) is 0 Å². The van der Waals surface area contributed by atoms with E-state index < -0.39 is 0 Å². The molecule has 1 aromatic rings. The van der Waals surface area contributed by atoms with Crippen LogP contribution < -0.4 is 0 Å². The van der Waals surface area contributed by atoms with Crippen LogP contribution in [0.5, 0.6) is 0 Å². The van der Waals surface area contributed by atoms with E-state index in [2.05, 4.69) is 0 Å². The summed E-state index contributed by atoms with van der Waals surface area (Å²) < 4.78 is 5.29. The molecule has 2 heteroatoms. The number of carbonyl (C=O) groups excluding carboxylic acids is 1. The van der Waals surface area contributed by atoms with Crippen LogP contribution in [0.1, 0.15) is 17.9 Å². The van der Waals surface area contributed by atoms with E-state index in [1.807, 2.05) is 30.3 Å². The smallest absolute Gasteiger partial charge is 0.144 e. The first-order valence-electron chi connectivity index (χ1n) is 4.53. The molecular weight excluding hydrogens is 164 g/mol. The minimum atomic E-state index is -0.0325. The first kappa shape index (κ1) is 8.45. The summed E-state index contributed by atoms with van der Waals surface area (Å²) in [6, 6.07) is 9.83. The fraction of sp³-hybridized carbons (Fsp3) is 0.364. The van der Waals surface area contributed by atoms with Crippen molar-refractivity contribution in [2.75, 3.05) is 13.2 Å². The molecule has 1 aliphatic heterocycles. The molecule has 2 nitrogen and oxygen atoms in total. The summed E-state index contributed by atoms with van der Waals surface area (Å²) in [6.45, 7) is 1.13. The Morgan fingerprint density at radius 2 is 2.00 bits per heavy atom.